The van der Waals surface area contributed by atoms with Gasteiger partial charge in [-0.2, -0.15) is 0 Å². The molecule has 3 aromatic carbocycles. The highest BCUT2D eigenvalue weighted by molar-refractivity contribution is 5.71. The molecule has 5 nitrogen and oxygen atoms in total. The molecule has 1 unspecified atom stereocenters. The van der Waals surface area contributed by atoms with Crippen molar-refractivity contribution in [3.05, 3.63) is 83.2 Å². The van der Waals surface area contributed by atoms with Gasteiger partial charge in [-0.15, -0.1) is 0 Å². The molecule has 1 saturated heterocycles. The highest BCUT2D eigenvalue weighted by Gasteiger charge is 2.23. The molecule has 0 bridgehead atoms. The highest BCUT2D eigenvalue weighted by Crippen LogP contribution is 2.37. The lowest BCUT2D eigenvalue weighted by molar-refractivity contribution is -0.137. The van der Waals surface area contributed by atoms with Crippen LogP contribution in [-0.4, -0.2) is 24.0 Å². The van der Waals surface area contributed by atoms with Crippen molar-refractivity contribution >= 4 is 5.97 Å². The van der Waals surface area contributed by atoms with Crippen molar-refractivity contribution < 1.29 is 28.5 Å². The zero-order chi connectivity index (χ0) is 27.3. The number of aliphatic carboxylic acids is 1. The molecule has 4 rings (SSSR count). The van der Waals surface area contributed by atoms with Crippen molar-refractivity contribution in [2.24, 2.45) is 0 Å². The van der Waals surface area contributed by atoms with Crippen molar-refractivity contribution in [1.82, 2.24) is 0 Å². The van der Waals surface area contributed by atoms with Crippen LogP contribution in [0.3, 0.4) is 0 Å². The fourth-order valence-electron chi connectivity index (χ4n) is 4.73. The third-order valence-electron chi connectivity index (χ3n) is 6.84. The topological polar surface area (TPSA) is 65.0 Å². The molecule has 1 fully saturated rings. The normalized spacial score (nSPS) is 16.6. The lowest BCUT2D eigenvalue weighted by Gasteiger charge is -2.26. The smallest absolute Gasteiger partial charge is 0.303 e. The molecule has 1 heterocycles. The van der Waals surface area contributed by atoms with E-state index in [0.29, 0.717) is 30.3 Å². The van der Waals surface area contributed by atoms with E-state index in [-0.39, 0.29) is 29.9 Å². The van der Waals surface area contributed by atoms with E-state index in [1.165, 1.54) is 6.07 Å². The molecule has 0 radical (unpaired) electrons. The molecular formula is C32H37FO5. The van der Waals surface area contributed by atoms with Crippen LogP contribution in [0, 0.1) is 5.82 Å². The van der Waals surface area contributed by atoms with E-state index in [1.807, 2.05) is 43.3 Å². The second kappa shape index (κ2) is 12.0. The van der Waals surface area contributed by atoms with Crippen LogP contribution in [0.5, 0.6) is 11.5 Å². The number of hydrogen-bond acceptors (Lipinski definition) is 4. The first kappa shape index (κ1) is 27.6. The Morgan fingerprint density at radius 3 is 2.58 bits per heavy atom. The Bertz CT molecular complexity index is 1260. The maximum atomic E-state index is 15.1. The summed E-state index contributed by atoms with van der Waals surface area (Å²) in [4.78, 5) is 11.1. The van der Waals surface area contributed by atoms with Crippen LogP contribution < -0.4 is 9.47 Å². The average Bonchev–Trinajstić information content (AvgIpc) is 2.88. The zero-order valence-electron chi connectivity index (χ0n) is 22.6. The van der Waals surface area contributed by atoms with Crippen LogP contribution >= 0.6 is 0 Å². The van der Waals surface area contributed by atoms with Gasteiger partial charge < -0.3 is 19.3 Å². The largest absolute Gasteiger partial charge is 0.489 e. The minimum Gasteiger partial charge on any atom is -0.489 e. The van der Waals surface area contributed by atoms with Gasteiger partial charge in [0.05, 0.1) is 13.0 Å². The number of rotatable bonds is 9. The van der Waals surface area contributed by atoms with E-state index >= 15 is 4.39 Å². The van der Waals surface area contributed by atoms with Gasteiger partial charge in [-0.25, -0.2) is 4.39 Å². The number of carboxylic acid groups (broad SMARTS) is 1. The van der Waals surface area contributed by atoms with Gasteiger partial charge in [0.25, 0.3) is 0 Å². The summed E-state index contributed by atoms with van der Waals surface area (Å²) in [7, 11) is 0. The Morgan fingerprint density at radius 2 is 1.87 bits per heavy atom. The molecule has 1 N–H and O–H groups in total. The van der Waals surface area contributed by atoms with E-state index < -0.39 is 5.97 Å². The lowest BCUT2D eigenvalue weighted by Crippen LogP contribution is -2.25. The summed E-state index contributed by atoms with van der Waals surface area (Å²) < 4.78 is 32.9. The molecule has 0 amide bonds. The summed E-state index contributed by atoms with van der Waals surface area (Å²) in [5, 5.41) is 9.10. The summed E-state index contributed by atoms with van der Waals surface area (Å²) in [6.45, 7) is 9.24. The zero-order valence-corrected chi connectivity index (χ0v) is 22.6. The monoisotopic (exact) mass is 520 g/mol. The van der Waals surface area contributed by atoms with E-state index in [0.717, 1.165) is 41.5 Å². The SMILES string of the molecule is C[C@H](CC(=O)O)c1cccc(OCc2ccc(-c3cc(OC4CCCCO4)ccc3F)c(C(C)(C)C)c2)c1. The third kappa shape index (κ3) is 7.13. The van der Waals surface area contributed by atoms with Gasteiger partial charge in [0.15, 0.2) is 6.29 Å². The average molecular weight is 521 g/mol. The van der Waals surface area contributed by atoms with Gasteiger partial charge in [0.1, 0.15) is 23.9 Å². The highest BCUT2D eigenvalue weighted by atomic mass is 19.1. The molecule has 0 aromatic heterocycles. The van der Waals surface area contributed by atoms with Crippen LogP contribution in [0.1, 0.15) is 76.0 Å². The van der Waals surface area contributed by atoms with Gasteiger partial charge in [-0.3, -0.25) is 4.79 Å². The quantitative estimate of drug-likeness (QED) is 0.311. The first-order chi connectivity index (χ1) is 18.1. The standard InChI is InChI=1S/C32H37FO5/c1-21(16-30(34)35)23-8-7-9-24(18-23)37-20-22-11-13-26(28(17-22)32(2,3)4)27-19-25(12-14-29(27)33)38-31-10-5-6-15-36-31/h7-9,11-14,17-19,21,31H,5-6,10,15-16,20H2,1-4H3,(H,34,35)/t21-,31?/m1/s1. The van der Waals surface area contributed by atoms with Crippen molar-refractivity contribution in [2.75, 3.05) is 6.61 Å². The Labute approximate surface area is 224 Å². The van der Waals surface area contributed by atoms with Gasteiger partial charge >= 0.3 is 5.97 Å². The first-order valence-corrected chi connectivity index (χ1v) is 13.3. The van der Waals surface area contributed by atoms with Gasteiger partial charge in [-0.1, -0.05) is 58.0 Å². The minimum atomic E-state index is -0.825. The second-order valence-corrected chi connectivity index (χ2v) is 11.0. The summed E-state index contributed by atoms with van der Waals surface area (Å²) in [5.74, 6) is 0.0415. The van der Waals surface area contributed by atoms with Crippen molar-refractivity contribution in [1.29, 1.82) is 0 Å². The summed E-state index contributed by atoms with van der Waals surface area (Å²) in [6.07, 6.45) is 2.69. The fraction of sp³-hybridized carbons (Fsp3) is 0.406. The molecule has 202 valence electrons. The summed E-state index contributed by atoms with van der Waals surface area (Å²) >= 11 is 0. The van der Waals surface area contributed by atoms with E-state index in [2.05, 4.69) is 26.8 Å². The van der Waals surface area contributed by atoms with E-state index in [9.17, 15) is 4.79 Å². The van der Waals surface area contributed by atoms with E-state index in [4.69, 9.17) is 19.3 Å². The first-order valence-electron chi connectivity index (χ1n) is 13.3. The number of benzene rings is 3. The van der Waals surface area contributed by atoms with Crippen LogP contribution in [0.25, 0.3) is 11.1 Å². The van der Waals surface area contributed by atoms with Crippen molar-refractivity contribution in [3.8, 4) is 22.6 Å². The summed E-state index contributed by atoms with van der Waals surface area (Å²) in [6, 6.07) is 18.4. The predicted octanol–water partition coefficient (Wildman–Crippen LogP) is 7.85. The molecule has 3 aromatic rings. The predicted molar refractivity (Wildman–Crippen MR) is 146 cm³/mol. The van der Waals surface area contributed by atoms with Gasteiger partial charge in [0, 0.05) is 12.0 Å². The van der Waals surface area contributed by atoms with Gasteiger partial charge in [0.2, 0.25) is 0 Å². The molecule has 0 saturated carbocycles. The number of ether oxygens (including phenoxy) is 3. The van der Waals surface area contributed by atoms with Crippen LogP contribution in [-0.2, 0) is 21.6 Å². The van der Waals surface area contributed by atoms with Crippen molar-refractivity contribution in [3.63, 3.8) is 0 Å². The number of halogens is 1. The molecule has 0 aliphatic carbocycles. The fourth-order valence-corrected chi connectivity index (χ4v) is 4.73. The van der Waals surface area contributed by atoms with E-state index in [1.54, 1.807) is 12.1 Å². The molecular weight excluding hydrogens is 483 g/mol. The Morgan fingerprint density at radius 1 is 1.05 bits per heavy atom. The number of hydrogen-bond donors (Lipinski definition) is 1. The minimum absolute atomic E-state index is 0.0658. The second-order valence-electron chi connectivity index (χ2n) is 11.0. The van der Waals surface area contributed by atoms with Crippen LogP contribution in [0.4, 0.5) is 4.39 Å². The Balaban J connectivity index is 1.56. The maximum Gasteiger partial charge on any atom is 0.303 e. The number of carbonyl (C=O) groups is 1. The molecule has 2 atom stereocenters. The van der Waals surface area contributed by atoms with Gasteiger partial charge in [-0.05, 0) is 76.8 Å². The number of carboxylic acids is 1. The Kier molecular flexibility index (Phi) is 8.72. The molecule has 38 heavy (non-hydrogen) atoms. The maximum absolute atomic E-state index is 15.1. The molecule has 0 spiro atoms. The molecule has 1 aliphatic rings. The molecule has 6 heteroatoms. The Hall–Kier alpha value is -3.38. The summed E-state index contributed by atoms with van der Waals surface area (Å²) in [5.41, 5.74) is 3.97. The van der Waals surface area contributed by atoms with Crippen molar-refractivity contribution in [2.45, 2.75) is 77.6 Å². The molecule has 1 aliphatic heterocycles. The lowest BCUT2D eigenvalue weighted by atomic mass is 9.81. The van der Waals surface area contributed by atoms with Crippen LogP contribution in [0.2, 0.25) is 0 Å². The van der Waals surface area contributed by atoms with Crippen LogP contribution in [0.15, 0.2) is 60.7 Å². The third-order valence-corrected chi connectivity index (χ3v) is 6.84.